The zero-order chi connectivity index (χ0) is 19.6. The van der Waals surface area contributed by atoms with Gasteiger partial charge in [0.05, 0.1) is 7.11 Å². The highest BCUT2D eigenvalue weighted by Gasteiger charge is 2.01. The number of methoxy groups -OCH3 is 1. The van der Waals surface area contributed by atoms with Gasteiger partial charge in [0.15, 0.2) is 5.11 Å². The SMILES string of the molecule is COc1ccc(Oc2ccc(NC(=S)NCCCc3ccccc3)cc2)cc1. The van der Waals surface area contributed by atoms with E-state index in [1.807, 2.05) is 54.6 Å². The van der Waals surface area contributed by atoms with Crippen molar-refractivity contribution in [3.8, 4) is 17.2 Å². The van der Waals surface area contributed by atoms with Crippen molar-refractivity contribution in [1.29, 1.82) is 0 Å². The average molecular weight is 393 g/mol. The first-order chi connectivity index (χ1) is 13.7. The lowest BCUT2D eigenvalue weighted by atomic mass is 10.1. The van der Waals surface area contributed by atoms with Crippen molar-refractivity contribution >= 4 is 23.0 Å². The predicted octanol–water partition coefficient (Wildman–Crippen LogP) is 5.41. The molecule has 3 rings (SSSR count). The molecule has 144 valence electrons. The van der Waals surface area contributed by atoms with Crippen molar-refractivity contribution < 1.29 is 9.47 Å². The van der Waals surface area contributed by atoms with Crippen LogP contribution in [0.5, 0.6) is 17.2 Å². The maximum Gasteiger partial charge on any atom is 0.170 e. The molecule has 0 saturated carbocycles. The van der Waals surface area contributed by atoms with Crippen molar-refractivity contribution in [2.24, 2.45) is 0 Å². The molecule has 0 fully saturated rings. The molecule has 0 saturated heterocycles. The maximum atomic E-state index is 5.83. The van der Waals surface area contributed by atoms with Crippen LogP contribution in [-0.2, 0) is 6.42 Å². The minimum Gasteiger partial charge on any atom is -0.497 e. The lowest BCUT2D eigenvalue weighted by Crippen LogP contribution is -2.29. The third-order valence-corrected chi connectivity index (χ3v) is 4.42. The lowest BCUT2D eigenvalue weighted by Gasteiger charge is -2.11. The standard InChI is InChI=1S/C23H24N2O2S/c1-26-20-13-15-22(16-14-20)27-21-11-9-19(10-12-21)25-23(28)24-17-5-8-18-6-3-2-4-7-18/h2-4,6-7,9-16H,5,8,17H2,1H3,(H2,24,25,28). The molecule has 0 aliphatic carbocycles. The summed E-state index contributed by atoms with van der Waals surface area (Å²) in [4.78, 5) is 0. The minimum atomic E-state index is 0.622. The van der Waals surface area contributed by atoms with Gasteiger partial charge in [-0.05, 0) is 79.2 Å². The third-order valence-electron chi connectivity index (χ3n) is 4.18. The molecule has 28 heavy (non-hydrogen) atoms. The molecule has 0 bridgehead atoms. The molecular weight excluding hydrogens is 368 g/mol. The van der Waals surface area contributed by atoms with Crippen molar-refractivity contribution in [1.82, 2.24) is 5.32 Å². The molecule has 4 nitrogen and oxygen atoms in total. The first-order valence-electron chi connectivity index (χ1n) is 9.24. The second-order valence-corrected chi connectivity index (χ2v) is 6.68. The molecule has 0 spiro atoms. The molecule has 0 heterocycles. The van der Waals surface area contributed by atoms with E-state index in [2.05, 4.69) is 34.9 Å². The van der Waals surface area contributed by atoms with Crippen molar-refractivity contribution in [3.05, 3.63) is 84.4 Å². The summed E-state index contributed by atoms with van der Waals surface area (Å²) in [5.74, 6) is 2.33. The summed E-state index contributed by atoms with van der Waals surface area (Å²) in [6, 6.07) is 25.6. The molecule has 0 radical (unpaired) electrons. The fourth-order valence-electron chi connectivity index (χ4n) is 2.70. The van der Waals surface area contributed by atoms with E-state index in [1.54, 1.807) is 7.11 Å². The number of anilines is 1. The van der Waals surface area contributed by atoms with Gasteiger partial charge in [-0.25, -0.2) is 0 Å². The molecular formula is C23H24N2O2S. The second-order valence-electron chi connectivity index (χ2n) is 6.27. The average Bonchev–Trinajstić information content (AvgIpc) is 2.74. The van der Waals surface area contributed by atoms with Gasteiger partial charge in [-0.15, -0.1) is 0 Å². The maximum absolute atomic E-state index is 5.83. The Morgan fingerprint density at radius 2 is 1.43 bits per heavy atom. The Morgan fingerprint density at radius 1 is 0.821 bits per heavy atom. The molecule has 5 heteroatoms. The number of benzene rings is 3. The predicted molar refractivity (Wildman–Crippen MR) is 118 cm³/mol. The lowest BCUT2D eigenvalue weighted by molar-refractivity contribution is 0.413. The van der Waals surface area contributed by atoms with Crippen LogP contribution in [0.1, 0.15) is 12.0 Å². The van der Waals surface area contributed by atoms with Gasteiger partial charge in [0.1, 0.15) is 17.2 Å². The summed E-state index contributed by atoms with van der Waals surface area (Å²) < 4.78 is 11.0. The molecule has 0 aliphatic rings. The van der Waals surface area contributed by atoms with Crippen LogP contribution >= 0.6 is 12.2 Å². The quantitative estimate of drug-likeness (QED) is 0.396. The third kappa shape index (κ3) is 6.28. The highest BCUT2D eigenvalue weighted by molar-refractivity contribution is 7.80. The summed E-state index contributed by atoms with van der Waals surface area (Å²) in [6.07, 6.45) is 2.06. The Balaban J connectivity index is 1.41. The van der Waals surface area contributed by atoms with E-state index in [4.69, 9.17) is 21.7 Å². The van der Waals surface area contributed by atoms with Crippen LogP contribution in [0.2, 0.25) is 0 Å². The van der Waals surface area contributed by atoms with Gasteiger partial charge in [0.25, 0.3) is 0 Å². The normalized spacial score (nSPS) is 10.2. The summed E-state index contributed by atoms with van der Waals surface area (Å²) in [6.45, 7) is 0.833. The van der Waals surface area contributed by atoms with E-state index < -0.39 is 0 Å². The highest BCUT2D eigenvalue weighted by atomic mass is 32.1. The Labute approximate surface area is 171 Å². The molecule has 0 amide bonds. The zero-order valence-corrected chi connectivity index (χ0v) is 16.7. The highest BCUT2D eigenvalue weighted by Crippen LogP contribution is 2.24. The molecule has 3 aromatic rings. The van der Waals surface area contributed by atoms with Crippen LogP contribution in [0.25, 0.3) is 0 Å². The molecule has 0 atom stereocenters. The Bertz CT molecular complexity index is 865. The smallest absolute Gasteiger partial charge is 0.170 e. The van der Waals surface area contributed by atoms with Gasteiger partial charge in [-0.1, -0.05) is 30.3 Å². The molecule has 0 aromatic heterocycles. The summed E-state index contributed by atoms with van der Waals surface area (Å²) >= 11 is 5.36. The largest absolute Gasteiger partial charge is 0.497 e. The van der Waals surface area contributed by atoms with Crippen molar-refractivity contribution in [2.75, 3.05) is 19.0 Å². The topological polar surface area (TPSA) is 42.5 Å². The van der Waals surface area contributed by atoms with Gasteiger partial charge in [-0.3, -0.25) is 0 Å². The monoisotopic (exact) mass is 392 g/mol. The van der Waals surface area contributed by atoms with Gasteiger partial charge < -0.3 is 20.1 Å². The number of nitrogens with one attached hydrogen (secondary N) is 2. The Kier molecular flexibility index (Phi) is 7.27. The number of hydrogen-bond acceptors (Lipinski definition) is 3. The molecule has 0 aliphatic heterocycles. The van der Waals surface area contributed by atoms with Crippen molar-refractivity contribution in [3.63, 3.8) is 0 Å². The van der Waals surface area contributed by atoms with E-state index in [0.717, 1.165) is 42.3 Å². The summed E-state index contributed by atoms with van der Waals surface area (Å²) in [5, 5.41) is 7.06. The molecule has 0 unspecified atom stereocenters. The van der Waals surface area contributed by atoms with E-state index in [1.165, 1.54) is 5.56 Å². The van der Waals surface area contributed by atoms with E-state index >= 15 is 0 Å². The second kappa shape index (κ2) is 10.3. The number of ether oxygens (including phenoxy) is 2. The molecule has 3 aromatic carbocycles. The van der Waals surface area contributed by atoms with E-state index in [-0.39, 0.29) is 0 Å². The number of hydrogen-bond donors (Lipinski definition) is 2. The van der Waals surface area contributed by atoms with Gasteiger partial charge >= 0.3 is 0 Å². The van der Waals surface area contributed by atoms with Crippen LogP contribution < -0.4 is 20.1 Å². The number of aryl methyl sites for hydroxylation is 1. The minimum absolute atomic E-state index is 0.622. The van der Waals surface area contributed by atoms with Crippen molar-refractivity contribution in [2.45, 2.75) is 12.8 Å². The zero-order valence-electron chi connectivity index (χ0n) is 15.9. The Hall–Kier alpha value is -3.05. The van der Waals surface area contributed by atoms with E-state index in [0.29, 0.717) is 5.11 Å². The van der Waals surface area contributed by atoms with Crippen LogP contribution in [0.15, 0.2) is 78.9 Å². The van der Waals surface area contributed by atoms with E-state index in [9.17, 15) is 0 Å². The van der Waals surface area contributed by atoms with Gasteiger partial charge in [0, 0.05) is 12.2 Å². The Morgan fingerprint density at radius 3 is 2.07 bits per heavy atom. The van der Waals surface area contributed by atoms with Crippen LogP contribution in [0.4, 0.5) is 5.69 Å². The van der Waals surface area contributed by atoms with Crippen LogP contribution in [0.3, 0.4) is 0 Å². The van der Waals surface area contributed by atoms with Gasteiger partial charge in [-0.2, -0.15) is 0 Å². The van der Waals surface area contributed by atoms with Crippen LogP contribution in [-0.4, -0.2) is 18.8 Å². The summed E-state index contributed by atoms with van der Waals surface area (Å²) in [5.41, 5.74) is 2.26. The first-order valence-corrected chi connectivity index (χ1v) is 9.64. The number of rotatable bonds is 8. The molecule has 2 N–H and O–H groups in total. The van der Waals surface area contributed by atoms with Crippen LogP contribution in [0, 0.1) is 0 Å². The van der Waals surface area contributed by atoms with Gasteiger partial charge in [0.2, 0.25) is 0 Å². The fourth-order valence-corrected chi connectivity index (χ4v) is 2.92. The number of thiocarbonyl (C=S) groups is 1. The fraction of sp³-hybridized carbons (Fsp3) is 0.174. The first kappa shape index (κ1) is 19.7. The summed E-state index contributed by atoms with van der Waals surface area (Å²) in [7, 11) is 1.64.